The van der Waals surface area contributed by atoms with E-state index in [1.165, 1.54) is 18.0 Å². The predicted octanol–water partition coefficient (Wildman–Crippen LogP) is 1.23. The van der Waals surface area contributed by atoms with Gasteiger partial charge >= 0.3 is 0 Å². The molecular formula is C9H15N3OS. The number of rotatable bonds is 3. The summed E-state index contributed by atoms with van der Waals surface area (Å²) in [5.74, 6) is 0.539. The monoisotopic (exact) mass is 213 g/mol. The highest BCUT2D eigenvalue weighted by Gasteiger charge is 2.28. The molecule has 2 atom stereocenters. The molecule has 78 valence electrons. The van der Waals surface area contributed by atoms with Gasteiger partial charge in [0.2, 0.25) is 0 Å². The summed E-state index contributed by atoms with van der Waals surface area (Å²) in [5.41, 5.74) is 0.995. The van der Waals surface area contributed by atoms with Gasteiger partial charge in [0.15, 0.2) is 0 Å². The van der Waals surface area contributed by atoms with Crippen LogP contribution in [0.4, 0.5) is 0 Å². The van der Waals surface area contributed by atoms with Crippen molar-refractivity contribution in [2.75, 3.05) is 20.2 Å². The van der Waals surface area contributed by atoms with Crippen molar-refractivity contribution in [1.29, 1.82) is 0 Å². The van der Waals surface area contributed by atoms with E-state index >= 15 is 0 Å². The first kappa shape index (κ1) is 10.0. The third kappa shape index (κ3) is 2.10. The molecule has 0 spiro atoms. The van der Waals surface area contributed by atoms with E-state index in [-0.39, 0.29) is 6.10 Å². The third-order valence-corrected chi connectivity index (χ3v) is 3.10. The van der Waals surface area contributed by atoms with E-state index in [9.17, 15) is 0 Å². The first-order valence-corrected chi connectivity index (χ1v) is 5.78. The van der Waals surface area contributed by atoms with Crippen molar-refractivity contribution in [1.82, 2.24) is 14.9 Å². The van der Waals surface area contributed by atoms with E-state index < -0.39 is 0 Å². The fourth-order valence-corrected chi connectivity index (χ4v) is 2.42. The van der Waals surface area contributed by atoms with Crippen molar-refractivity contribution in [2.24, 2.45) is 5.92 Å². The van der Waals surface area contributed by atoms with E-state index in [0.29, 0.717) is 5.92 Å². The molecule has 0 bridgehead atoms. The van der Waals surface area contributed by atoms with Crippen LogP contribution in [-0.2, 0) is 4.74 Å². The molecule has 2 unspecified atom stereocenters. The number of nitrogens with one attached hydrogen (secondary N) is 1. The van der Waals surface area contributed by atoms with Crippen LogP contribution in [0, 0.1) is 5.92 Å². The van der Waals surface area contributed by atoms with Gasteiger partial charge in [0, 0.05) is 24.4 Å². The lowest BCUT2D eigenvalue weighted by Gasteiger charge is -2.30. The second-order valence-electron chi connectivity index (χ2n) is 3.58. The number of hydrogen-bond acceptors (Lipinski definition) is 5. The molecule has 1 aromatic heterocycles. The van der Waals surface area contributed by atoms with Crippen LogP contribution in [0.3, 0.4) is 0 Å². The minimum atomic E-state index is 0.148. The maximum atomic E-state index is 5.75. The molecule has 0 amide bonds. The zero-order valence-corrected chi connectivity index (χ0v) is 9.09. The molecule has 0 saturated carbocycles. The van der Waals surface area contributed by atoms with E-state index in [0.717, 1.165) is 25.3 Å². The molecule has 0 aromatic carbocycles. The summed E-state index contributed by atoms with van der Waals surface area (Å²) in [4.78, 5) is 0. The summed E-state index contributed by atoms with van der Waals surface area (Å²) in [6.45, 7) is 1.84. The number of nitrogens with zero attached hydrogens (tertiary/aromatic N) is 2. The Morgan fingerprint density at radius 2 is 2.64 bits per heavy atom. The van der Waals surface area contributed by atoms with Crippen LogP contribution in [0.25, 0.3) is 0 Å². The Hall–Kier alpha value is -0.520. The topological polar surface area (TPSA) is 47.0 Å². The van der Waals surface area contributed by atoms with Gasteiger partial charge in [-0.05, 0) is 31.4 Å². The van der Waals surface area contributed by atoms with Crippen molar-refractivity contribution in [3.05, 3.63) is 11.1 Å². The average molecular weight is 213 g/mol. The maximum absolute atomic E-state index is 5.75. The van der Waals surface area contributed by atoms with E-state index in [2.05, 4.69) is 14.9 Å². The van der Waals surface area contributed by atoms with Crippen LogP contribution in [0.5, 0.6) is 0 Å². The van der Waals surface area contributed by atoms with Crippen molar-refractivity contribution in [3.8, 4) is 0 Å². The largest absolute Gasteiger partial charge is 0.371 e. The van der Waals surface area contributed by atoms with Gasteiger partial charge in [-0.1, -0.05) is 4.49 Å². The number of hydrogen-bond donors (Lipinski definition) is 1. The van der Waals surface area contributed by atoms with Gasteiger partial charge in [0.05, 0.1) is 0 Å². The molecule has 2 rings (SSSR count). The lowest BCUT2D eigenvalue weighted by atomic mass is 9.92. The number of aromatic nitrogens is 2. The lowest BCUT2D eigenvalue weighted by molar-refractivity contribution is -0.0297. The first-order chi connectivity index (χ1) is 6.92. The summed E-state index contributed by atoms with van der Waals surface area (Å²) in [6, 6.07) is 0. The summed E-state index contributed by atoms with van der Waals surface area (Å²) in [6.07, 6.45) is 2.51. The Kier molecular flexibility index (Phi) is 3.44. The molecule has 1 saturated heterocycles. The molecule has 4 nitrogen and oxygen atoms in total. The highest BCUT2D eigenvalue weighted by Crippen LogP contribution is 2.32. The zero-order chi connectivity index (χ0) is 9.80. The quantitative estimate of drug-likeness (QED) is 0.820. The molecule has 5 heteroatoms. The second kappa shape index (κ2) is 4.82. The van der Waals surface area contributed by atoms with E-state index in [1.807, 2.05) is 12.4 Å². The van der Waals surface area contributed by atoms with Gasteiger partial charge in [-0.3, -0.25) is 0 Å². The zero-order valence-electron chi connectivity index (χ0n) is 8.27. The lowest BCUT2D eigenvalue weighted by Crippen LogP contribution is -2.30. The van der Waals surface area contributed by atoms with Gasteiger partial charge in [-0.25, -0.2) is 0 Å². The smallest absolute Gasteiger partial charge is 0.106 e. The van der Waals surface area contributed by atoms with Crippen LogP contribution >= 0.6 is 11.5 Å². The van der Waals surface area contributed by atoms with Gasteiger partial charge in [-0.2, -0.15) is 0 Å². The van der Waals surface area contributed by atoms with Crippen LogP contribution in [0.15, 0.2) is 5.38 Å². The van der Waals surface area contributed by atoms with E-state index in [4.69, 9.17) is 4.74 Å². The van der Waals surface area contributed by atoms with Crippen LogP contribution < -0.4 is 5.32 Å². The van der Waals surface area contributed by atoms with Crippen LogP contribution in [0.1, 0.15) is 24.6 Å². The Morgan fingerprint density at radius 1 is 1.71 bits per heavy atom. The summed E-state index contributed by atoms with van der Waals surface area (Å²) >= 11 is 1.39. The Morgan fingerprint density at radius 3 is 3.36 bits per heavy atom. The molecule has 1 N–H and O–H groups in total. The third-order valence-electron chi connectivity index (χ3n) is 2.58. The Balaban J connectivity index is 2.06. The minimum absolute atomic E-state index is 0.148. The standard InChI is InChI=1S/C9H15N3OS/c1-10-5-7-3-2-4-13-9(7)8-6-14-12-11-8/h6-7,9-10H,2-5H2,1H3. The highest BCUT2D eigenvalue weighted by molar-refractivity contribution is 7.03. The number of ether oxygens (including phenoxy) is 1. The van der Waals surface area contributed by atoms with Crippen molar-refractivity contribution >= 4 is 11.5 Å². The van der Waals surface area contributed by atoms with Gasteiger partial charge in [-0.15, -0.1) is 5.10 Å². The minimum Gasteiger partial charge on any atom is -0.371 e. The summed E-state index contributed by atoms with van der Waals surface area (Å²) < 4.78 is 9.63. The molecular weight excluding hydrogens is 198 g/mol. The average Bonchev–Trinajstić information content (AvgIpc) is 2.72. The normalized spacial score (nSPS) is 27.8. The maximum Gasteiger partial charge on any atom is 0.106 e. The molecule has 1 aliphatic heterocycles. The predicted molar refractivity (Wildman–Crippen MR) is 55.3 cm³/mol. The molecule has 0 radical (unpaired) electrons. The molecule has 0 aliphatic carbocycles. The molecule has 1 aliphatic rings. The Bertz CT molecular complexity index is 263. The van der Waals surface area contributed by atoms with Gasteiger partial charge < -0.3 is 10.1 Å². The van der Waals surface area contributed by atoms with Crippen molar-refractivity contribution in [2.45, 2.75) is 18.9 Å². The Labute approximate surface area is 87.8 Å². The van der Waals surface area contributed by atoms with Crippen molar-refractivity contribution < 1.29 is 4.74 Å². The van der Waals surface area contributed by atoms with Crippen molar-refractivity contribution in [3.63, 3.8) is 0 Å². The van der Waals surface area contributed by atoms with Crippen LogP contribution in [0.2, 0.25) is 0 Å². The van der Waals surface area contributed by atoms with E-state index in [1.54, 1.807) is 0 Å². The fourth-order valence-electron chi connectivity index (χ4n) is 1.94. The summed E-state index contributed by atoms with van der Waals surface area (Å²) in [7, 11) is 1.98. The molecule has 1 fully saturated rings. The highest BCUT2D eigenvalue weighted by atomic mass is 32.1. The molecule has 2 heterocycles. The molecule has 14 heavy (non-hydrogen) atoms. The fraction of sp³-hybridized carbons (Fsp3) is 0.778. The van der Waals surface area contributed by atoms with Crippen LogP contribution in [-0.4, -0.2) is 29.8 Å². The van der Waals surface area contributed by atoms with Gasteiger partial charge in [0.25, 0.3) is 0 Å². The SMILES string of the molecule is CNCC1CCCOC1c1csnn1. The molecule has 1 aromatic rings. The summed E-state index contributed by atoms with van der Waals surface area (Å²) in [5, 5.41) is 9.28. The first-order valence-electron chi connectivity index (χ1n) is 4.95. The second-order valence-corrected chi connectivity index (χ2v) is 4.19. The van der Waals surface area contributed by atoms with Gasteiger partial charge in [0.1, 0.15) is 11.8 Å².